The number of nitrogens with zero attached hydrogens (tertiary/aromatic N) is 2. The van der Waals surface area contributed by atoms with E-state index in [1.807, 2.05) is 0 Å². The van der Waals surface area contributed by atoms with E-state index in [2.05, 4.69) is 0 Å². The van der Waals surface area contributed by atoms with Crippen molar-refractivity contribution in [3.05, 3.63) is 28.7 Å². The molecule has 4 aliphatic rings. The molecule has 1 aromatic heterocycles. The highest BCUT2D eigenvalue weighted by atomic mass is 32.2. The van der Waals surface area contributed by atoms with Gasteiger partial charge in [-0.15, -0.1) is 0 Å². The highest BCUT2D eigenvalue weighted by molar-refractivity contribution is 7.89. The van der Waals surface area contributed by atoms with Crippen LogP contribution in [0.15, 0.2) is 28.0 Å². The zero-order valence-corrected chi connectivity index (χ0v) is 16.2. The number of rotatable bonds is 5. The fraction of sp³-hybridized carbons (Fsp3) is 0.684. The van der Waals surface area contributed by atoms with E-state index in [9.17, 15) is 18.0 Å². The summed E-state index contributed by atoms with van der Waals surface area (Å²) in [7, 11) is -0.735. The first-order valence-corrected chi connectivity index (χ1v) is 10.8. The van der Waals surface area contributed by atoms with Crippen molar-refractivity contribution in [2.24, 2.45) is 23.2 Å². The van der Waals surface area contributed by atoms with E-state index >= 15 is 0 Å². The Bertz CT molecular complexity index is 865. The molecule has 0 aliphatic heterocycles. The van der Waals surface area contributed by atoms with Crippen molar-refractivity contribution in [3.63, 3.8) is 0 Å². The summed E-state index contributed by atoms with van der Waals surface area (Å²) in [5.74, 6) is 2.07. The number of sulfonamides is 1. The lowest BCUT2D eigenvalue weighted by Crippen LogP contribution is -2.51. The Balaban J connectivity index is 1.62. The minimum Gasteiger partial charge on any atom is -0.307 e. The molecule has 26 heavy (non-hydrogen) atoms. The molecule has 0 aromatic carbocycles. The first kappa shape index (κ1) is 17.9. The van der Waals surface area contributed by atoms with Gasteiger partial charge in [0.2, 0.25) is 10.0 Å². The maximum absolute atomic E-state index is 13.2. The molecule has 0 spiro atoms. The van der Waals surface area contributed by atoms with Crippen molar-refractivity contribution < 1.29 is 13.2 Å². The third-order valence-electron chi connectivity index (χ3n) is 6.68. The van der Waals surface area contributed by atoms with Gasteiger partial charge in [0, 0.05) is 31.8 Å². The van der Waals surface area contributed by atoms with Crippen LogP contribution in [-0.2, 0) is 21.4 Å². The third-order valence-corrected chi connectivity index (χ3v) is 8.48. The second kappa shape index (κ2) is 6.02. The standard InChI is InChI=1S/C19H26N2O4S/c1-20(2)26(24,25)16-3-4-18(23)21(11-16)12-17(22)19-8-13-5-14(9-19)7-15(6-13)10-19/h3-4,11,13-15H,5-10,12H2,1-2H3. The topological polar surface area (TPSA) is 76.5 Å². The van der Waals surface area contributed by atoms with Crippen LogP contribution in [-0.4, -0.2) is 37.2 Å². The Hall–Kier alpha value is -1.47. The molecule has 0 radical (unpaired) electrons. The smallest absolute Gasteiger partial charge is 0.250 e. The summed E-state index contributed by atoms with van der Waals surface area (Å²) in [6.45, 7) is -0.0260. The van der Waals surface area contributed by atoms with E-state index in [4.69, 9.17) is 0 Å². The number of carbonyl (C=O) groups excluding carboxylic acids is 1. The van der Waals surface area contributed by atoms with Crippen LogP contribution in [0.3, 0.4) is 0 Å². The largest absolute Gasteiger partial charge is 0.307 e. The van der Waals surface area contributed by atoms with Crippen molar-refractivity contribution in [3.8, 4) is 0 Å². The Labute approximate surface area is 154 Å². The molecule has 1 aromatic rings. The van der Waals surface area contributed by atoms with Gasteiger partial charge >= 0.3 is 0 Å². The molecular weight excluding hydrogens is 352 g/mol. The van der Waals surface area contributed by atoms with Gasteiger partial charge in [-0.3, -0.25) is 9.59 Å². The molecule has 6 nitrogen and oxygen atoms in total. The second-order valence-corrected chi connectivity index (χ2v) is 10.9. The lowest BCUT2D eigenvalue weighted by atomic mass is 9.48. The lowest BCUT2D eigenvalue weighted by Gasteiger charge is -2.56. The highest BCUT2D eigenvalue weighted by Gasteiger charge is 2.54. The second-order valence-electron chi connectivity index (χ2n) is 8.74. The van der Waals surface area contributed by atoms with Crippen LogP contribution in [0.1, 0.15) is 38.5 Å². The molecule has 0 N–H and O–H groups in total. The first-order chi connectivity index (χ1) is 12.2. The van der Waals surface area contributed by atoms with Gasteiger partial charge in [0.05, 0.1) is 11.4 Å². The molecule has 4 saturated carbocycles. The van der Waals surface area contributed by atoms with Crippen molar-refractivity contribution >= 4 is 15.8 Å². The molecule has 4 aliphatic carbocycles. The molecule has 4 fully saturated rings. The van der Waals surface area contributed by atoms with Crippen molar-refractivity contribution in [2.75, 3.05) is 14.1 Å². The van der Waals surface area contributed by atoms with Crippen LogP contribution >= 0.6 is 0 Å². The number of ketones is 1. The van der Waals surface area contributed by atoms with Crippen molar-refractivity contribution in [1.82, 2.24) is 8.87 Å². The van der Waals surface area contributed by atoms with Gasteiger partial charge in [0.25, 0.3) is 5.56 Å². The van der Waals surface area contributed by atoms with Crippen LogP contribution in [0.5, 0.6) is 0 Å². The number of hydrogen-bond acceptors (Lipinski definition) is 4. The number of aromatic nitrogens is 1. The summed E-state index contributed by atoms with van der Waals surface area (Å²) in [6, 6.07) is 2.55. The first-order valence-electron chi connectivity index (χ1n) is 9.36. The molecule has 1 heterocycles. The normalized spacial score (nSPS) is 33.0. The minimum absolute atomic E-state index is 0.0260. The van der Waals surface area contributed by atoms with E-state index in [-0.39, 0.29) is 28.2 Å². The van der Waals surface area contributed by atoms with E-state index in [0.717, 1.165) is 23.6 Å². The monoisotopic (exact) mass is 378 g/mol. The summed E-state index contributed by atoms with van der Waals surface area (Å²) in [5, 5.41) is 0. The Morgan fingerprint density at radius 3 is 2.15 bits per heavy atom. The van der Waals surface area contributed by atoms with Gasteiger partial charge < -0.3 is 4.57 Å². The zero-order valence-electron chi connectivity index (χ0n) is 15.3. The van der Waals surface area contributed by atoms with Crippen LogP contribution in [0.2, 0.25) is 0 Å². The molecule has 0 amide bonds. The summed E-state index contributed by atoms with van der Waals surface area (Å²) in [4.78, 5) is 25.5. The lowest BCUT2D eigenvalue weighted by molar-refractivity contribution is -0.144. The van der Waals surface area contributed by atoms with Crippen LogP contribution in [0.4, 0.5) is 0 Å². The summed E-state index contributed by atoms with van der Waals surface area (Å²) in [6.07, 6.45) is 7.91. The third kappa shape index (κ3) is 2.85. The summed E-state index contributed by atoms with van der Waals surface area (Å²) < 4.78 is 27.0. The number of hydrogen-bond donors (Lipinski definition) is 0. The van der Waals surface area contributed by atoms with Crippen molar-refractivity contribution in [2.45, 2.75) is 50.0 Å². The number of pyridine rings is 1. The van der Waals surface area contributed by atoms with Gasteiger partial charge in [0.1, 0.15) is 0 Å². The number of carbonyl (C=O) groups is 1. The van der Waals surface area contributed by atoms with Gasteiger partial charge in [-0.25, -0.2) is 12.7 Å². The molecule has 7 heteroatoms. The van der Waals surface area contributed by atoms with Crippen LogP contribution in [0.25, 0.3) is 0 Å². The zero-order chi connectivity index (χ0) is 18.7. The van der Waals surface area contributed by atoms with E-state index in [1.54, 1.807) is 0 Å². The Morgan fingerprint density at radius 1 is 1.12 bits per heavy atom. The fourth-order valence-corrected chi connectivity index (χ4v) is 6.69. The van der Waals surface area contributed by atoms with E-state index in [1.165, 1.54) is 56.3 Å². The Kier molecular flexibility index (Phi) is 4.15. The van der Waals surface area contributed by atoms with Gasteiger partial charge in [0.15, 0.2) is 5.78 Å². The van der Waals surface area contributed by atoms with Gasteiger partial charge in [-0.1, -0.05) is 0 Å². The molecule has 0 unspecified atom stereocenters. The van der Waals surface area contributed by atoms with E-state index in [0.29, 0.717) is 17.8 Å². The minimum atomic E-state index is -3.63. The molecule has 0 atom stereocenters. The highest BCUT2D eigenvalue weighted by Crippen LogP contribution is 2.60. The summed E-state index contributed by atoms with van der Waals surface area (Å²) >= 11 is 0. The Morgan fingerprint density at radius 2 is 1.65 bits per heavy atom. The summed E-state index contributed by atoms with van der Waals surface area (Å²) in [5.41, 5.74) is -0.620. The SMILES string of the molecule is CN(C)S(=O)(=O)c1ccc(=O)n(CC(=O)C23CC4CC(CC(C4)C2)C3)c1. The predicted molar refractivity (Wildman–Crippen MR) is 97.2 cm³/mol. The quantitative estimate of drug-likeness (QED) is 0.784. The molecule has 142 valence electrons. The molecule has 0 saturated heterocycles. The number of Topliss-reactive ketones (excluding diaryl/α,β-unsaturated/α-hetero) is 1. The van der Waals surface area contributed by atoms with Gasteiger partial charge in [-0.2, -0.15) is 0 Å². The fourth-order valence-electron chi connectivity index (χ4n) is 5.77. The van der Waals surface area contributed by atoms with Crippen LogP contribution in [0, 0.1) is 23.2 Å². The van der Waals surface area contributed by atoms with E-state index < -0.39 is 10.0 Å². The molecule has 4 bridgehead atoms. The maximum Gasteiger partial charge on any atom is 0.250 e. The van der Waals surface area contributed by atoms with Crippen molar-refractivity contribution in [1.29, 1.82) is 0 Å². The van der Waals surface area contributed by atoms with Gasteiger partial charge in [-0.05, 0) is 62.3 Å². The molecular formula is C19H26N2O4S. The average molecular weight is 378 g/mol. The average Bonchev–Trinajstić information content (AvgIpc) is 2.55. The maximum atomic E-state index is 13.2. The predicted octanol–water partition coefficient (Wildman–Crippen LogP) is 1.88. The molecule has 5 rings (SSSR count). The van der Waals surface area contributed by atoms with Crippen LogP contribution < -0.4 is 5.56 Å².